The molecule has 1 heterocycles. The molecule has 0 saturated heterocycles. The lowest BCUT2D eigenvalue weighted by atomic mass is 10.0. The van der Waals surface area contributed by atoms with Crippen molar-refractivity contribution in [3.8, 4) is 5.75 Å². The summed E-state index contributed by atoms with van der Waals surface area (Å²) in [5.74, 6) is -0.120. The number of carbonyl (C=O) groups excluding carboxylic acids is 1. The van der Waals surface area contributed by atoms with Gasteiger partial charge in [0.1, 0.15) is 18.3 Å². The van der Waals surface area contributed by atoms with E-state index in [-0.39, 0.29) is 17.4 Å². The van der Waals surface area contributed by atoms with E-state index < -0.39 is 15.0 Å². The fourth-order valence-corrected chi connectivity index (χ4v) is 2.72. The Morgan fingerprint density at radius 3 is 2.89 bits per heavy atom. The van der Waals surface area contributed by atoms with Crippen LogP contribution >= 0.6 is 10.7 Å². The number of benzene rings is 1. The van der Waals surface area contributed by atoms with Crippen LogP contribution in [0.5, 0.6) is 5.75 Å². The lowest BCUT2D eigenvalue weighted by Gasteiger charge is -2.09. The highest BCUT2D eigenvalue weighted by molar-refractivity contribution is 8.13. The molecule has 5 nitrogen and oxygen atoms in total. The van der Waals surface area contributed by atoms with Crippen molar-refractivity contribution in [1.82, 2.24) is 5.32 Å². The van der Waals surface area contributed by atoms with Gasteiger partial charge in [0.05, 0.1) is 4.90 Å². The van der Waals surface area contributed by atoms with Gasteiger partial charge in [-0.3, -0.25) is 4.79 Å². The summed E-state index contributed by atoms with van der Waals surface area (Å²) in [6, 6.07) is 4.30. The lowest BCUT2D eigenvalue weighted by molar-refractivity contribution is -0.122. The first-order chi connectivity index (χ1) is 8.93. The quantitative estimate of drug-likeness (QED) is 0.858. The van der Waals surface area contributed by atoms with Crippen LogP contribution in [-0.2, 0) is 13.8 Å². The maximum Gasteiger partial charge on any atom is 0.261 e. The molecule has 0 radical (unpaired) electrons. The number of hydrogen-bond acceptors (Lipinski definition) is 4. The predicted octanol–water partition coefficient (Wildman–Crippen LogP) is 1.62. The summed E-state index contributed by atoms with van der Waals surface area (Å²) in [5, 5.41) is 2.77. The Morgan fingerprint density at radius 1 is 1.53 bits per heavy atom. The lowest BCUT2D eigenvalue weighted by Crippen LogP contribution is -2.30. The molecule has 1 unspecified atom stereocenters. The fraction of sp³-hybridized carbons (Fsp3) is 0.417. The molecule has 1 atom stereocenters. The smallest absolute Gasteiger partial charge is 0.261 e. The highest BCUT2D eigenvalue weighted by atomic mass is 35.7. The number of carbonyl (C=O) groups is 1. The molecule has 0 fully saturated rings. The molecule has 1 amide bonds. The molecule has 7 heteroatoms. The Kier molecular flexibility index (Phi) is 4.01. The summed E-state index contributed by atoms with van der Waals surface area (Å²) in [6.45, 7) is 2.76. The minimum absolute atomic E-state index is 0.0216. The van der Waals surface area contributed by atoms with Crippen molar-refractivity contribution in [2.24, 2.45) is 0 Å². The highest BCUT2D eigenvalue weighted by Crippen LogP contribution is 2.36. The van der Waals surface area contributed by atoms with E-state index in [0.29, 0.717) is 17.9 Å². The van der Waals surface area contributed by atoms with Gasteiger partial charge in [-0.15, -0.1) is 0 Å². The zero-order valence-electron chi connectivity index (χ0n) is 10.3. The van der Waals surface area contributed by atoms with Crippen LogP contribution in [0.3, 0.4) is 0 Å². The zero-order valence-corrected chi connectivity index (χ0v) is 11.9. The van der Waals surface area contributed by atoms with Crippen LogP contribution in [0.1, 0.15) is 24.8 Å². The van der Waals surface area contributed by atoms with E-state index >= 15 is 0 Å². The second-order valence-corrected chi connectivity index (χ2v) is 6.86. The van der Waals surface area contributed by atoms with Gasteiger partial charge in [-0.2, -0.15) is 0 Å². The summed E-state index contributed by atoms with van der Waals surface area (Å²) in [5.41, 5.74) is 0.565. The van der Waals surface area contributed by atoms with Gasteiger partial charge in [-0.1, -0.05) is 6.92 Å². The second-order valence-electron chi connectivity index (χ2n) is 4.29. The van der Waals surface area contributed by atoms with E-state index in [4.69, 9.17) is 15.4 Å². The minimum Gasteiger partial charge on any atom is -0.492 e. The van der Waals surface area contributed by atoms with E-state index in [2.05, 4.69) is 5.32 Å². The van der Waals surface area contributed by atoms with Crippen LogP contribution in [0.25, 0.3) is 0 Å². The second kappa shape index (κ2) is 5.38. The Labute approximate surface area is 116 Å². The number of ether oxygens (including phenoxy) is 1. The van der Waals surface area contributed by atoms with Crippen molar-refractivity contribution in [3.63, 3.8) is 0 Å². The summed E-state index contributed by atoms with van der Waals surface area (Å²) in [6.07, 6.45) is 0.836. The maximum absolute atomic E-state index is 12.0. The van der Waals surface area contributed by atoms with Gasteiger partial charge in [-0.25, -0.2) is 8.42 Å². The van der Waals surface area contributed by atoms with Gasteiger partial charge in [-0.05, 0) is 24.6 Å². The van der Waals surface area contributed by atoms with Crippen LogP contribution in [0.2, 0.25) is 0 Å². The molecular weight excluding hydrogens is 290 g/mol. The molecule has 0 spiro atoms. The van der Waals surface area contributed by atoms with Gasteiger partial charge in [0, 0.05) is 22.8 Å². The first-order valence-electron chi connectivity index (χ1n) is 5.92. The molecule has 0 saturated carbocycles. The maximum atomic E-state index is 12.0. The molecule has 19 heavy (non-hydrogen) atoms. The topological polar surface area (TPSA) is 72.5 Å². The van der Waals surface area contributed by atoms with Crippen molar-refractivity contribution >= 4 is 25.6 Å². The van der Waals surface area contributed by atoms with Crippen molar-refractivity contribution in [1.29, 1.82) is 0 Å². The molecule has 104 valence electrons. The summed E-state index contributed by atoms with van der Waals surface area (Å²) >= 11 is 0. The first-order valence-corrected chi connectivity index (χ1v) is 8.23. The largest absolute Gasteiger partial charge is 0.492 e. The molecule has 0 aromatic heterocycles. The molecule has 1 aromatic carbocycles. The van der Waals surface area contributed by atoms with Crippen LogP contribution in [0.4, 0.5) is 0 Å². The number of hydrogen-bond donors (Lipinski definition) is 1. The minimum atomic E-state index is -3.81. The number of amides is 1. The third kappa shape index (κ3) is 3.01. The van der Waals surface area contributed by atoms with Gasteiger partial charge in [0.15, 0.2) is 0 Å². The number of halogens is 1. The van der Waals surface area contributed by atoms with E-state index in [0.717, 1.165) is 6.42 Å². The Balaban J connectivity index is 2.30. The van der Waals surface area contributed by atoms with Crippen LogP contribution < -0.4 is 10.1 Å². The zero-order chi connectivity index (χ0) is 14.0. The van der Waals surface area contributed by atoms with E-state index in [1.807, 2.05) is 6.92 Å². The average Bonchev–Trinajstić information content (AvgIpc) is 2.77. The van der Waals surface area contributed by atoms with Crippen molar-refractivity contribution in [2.75, 3.05) is 13.2 Å². The van der Waals surface area contributed by atoms with E-state index in [1.165, 1.54) is 18.2 Å². The van der Waals surface area contributed by atoms with E-state index in [9.17, 15) is 13.2 Å². The molecular formula is C12H14ClNO4S. The van der Waals surface area contributed by atoms with Gasteiger partial charge in [0.25, 0.3) is 9.05 Å². The van der Waals surface area contributed by atoms with Gasteiger partial charge in [0.2, 0.25) is 5.91 Å². The SMILES string of the molecule is CCCNC(=O)C1COc2ccc(S(=O)(=O)Cl)cc21. The fourth-order valence-electron chi connectivity index (χ4n) is 1.93. The monoisotopic (exact) mass is 303 g/mol. The van der Waals surface area contributed by atoms with Crippen molar-refractivity contribution in [2.45, 2.75) is 24.2 Å². The summed E-state index contributed by atoms with van der Waals surface area (Å²) < 4.78 is 28.0. The van der Waals surface area contributed by atoms with Gasteiger partial charge < -0.3 is 10.1 Å². The van der Waals surface area contributed by atoms with Crippen LogP contribution in [0, 0.1) is 0 Å². The molecule has 1 aliphatic heterocycles. The third-order valence-electron chi connectivity index (χ3n) is 2.91. The normalized spacial score (nSPS) is 17.7. The van der Waals surface area contributed by atoms with E-state index in [1.54, 1.807) is 0 Å². The average molecular weight is 304 g/mol. The molecule has 0 bridgehead atoms. The van der Waals surface area contributed by atoms with Crippen LogP contribution in [-0.4, -0.2) is 27.5 Å². The molecule has 0 aliphatic carbocycles. The third-order valence-corrected chi connectivity index (χ3v) is 4.26. The highest BCUT2D eigenvalue weighted by Gasteiger charge is 2.31. The van der Waals surface area contributed by atoms with Crippen molar-refractivity contribution < 1.29 is 17.9 Å². The number of fused-ring (bicyclic) bond motifs is 1. The Hall–Kier alpha value is -1.27. The number of rotatable bonds is 4. The van der Waals surface area contributed by atoms with Gasteiger partial charge >= 0.3 is 0 Å². The predicted molar refractivity (Wildman–Crippen MR) is 71.0 cm³/mol. The van der Waals surface area contributed by atoms with Crippen LogP contribution in [0.15, 0.2) is 23.1 Å². The number of nitrogens with one attached hydrogen (secondary N) is 1. The molecule has 2 rings (SSSR count). The standard InChI is InChI=1S/C12H14ClNO4S/c1-2-5-14-12(15)10-7-18-11-4-3-8(6-9(10)11)19(13,16)17/h3-4,6,10H,2,5,7H2,1H3,(H,14,15). The molecule has 1 N–H and O–H groups in total. The molecule has 1 aliphatic rings. The van der Waals surface area contributed by atoms with Crippen molar-refractivity contribution in [3.05, 3.63) is 23.8 Å². The summed E-state index contributed by atoms with van der Waals surface area (Å²) in [4.78, 5) is 11.9. The Bertz CT molecular complexity index is 600. The molecule has 1 aromatic rings. The first kappa shape index (κ1) is 14.1. The Morgan fingerprint density at radius 2 is 2.26 bits per heavy atom. The summed E-state index contributed by atoms with van der Waals surface area (Å²) in [7, 11) is 1.50.